The lowest BCUT2D eigenvalue weighted by molar-refractivity contribution is 0.280. The molecule has 2 atom stereocenters. The number of nitrogens with one attached hydrogen (secondary N) is 1. The Kier molecular flexibility index (Phi) is 5.55. The van der Waals surface area contributed by atoms with Crippen molar-refractivity contribution < 1.29 is 0 Å². The molecule has 2 rings (SSSR count). The number of alkyl halides is 1. The van der Waals surface area contributed by atoms with Gasteiger partial charge in [-0.15, -0.1) is 11.6 Å². The Morgan fingerprint density at radius 1 is 1.37 bits per heavy atom. The van der Waals surface area contributed by atoms with Crippen molar-refractivity contribution in [3.8, 4) is 0 Å². The molecule has 1 aromatic rings. The molecule has 0 spiro atoms. The van der Waals surface area contributed by atoms with E-state index < -0.39 is 0 Å². The summed E-state index contributed by atoms with van der Waals surface area (Å²) in [4.78, 5) is 0. The number of hydrogen-bond donors (Lipinski definition) is 1. The molecule has 1 fully saturated rings. The molecule has 19 heavy (non-hydrogen) atoms. The monoisotopic (exact) mass is 303 g/mol. The lowest BCUT2D eigenvalue weighted by Gasteiger charge is -2.31. The maximum atomic E-state index is 6.37. The zero-order valence-corrected chi connectivity index (χ0v) is 13.3. The highest BCUT2D eigenvalue weighted by atomic mass is 35.5. The molecule has 1 N–H and O–H groups in total. The van der Waals surface area contributed by atoms with Gasteiger partial charge in [0.15, 0.2) is 0 Å². The van der Waals surface area contributed by atoms with Crippen molar-refractivity contribution in [2.45, 2.75) is 51.6 Å². The second-order valence-electron chi connectivity index (χ2n) is 5.37. The average molecular weight is 304 g/mol. The standard InChI is InChI=1S/C14H23Cl2N3/c1-3-11-14(16)13(19(2)18-11)9-17-12-7-5-4-6-10(12)8-15/h10,12,17H,3-9H2,1-2H3. The van der Waals surface area contributed by atoms with Crippen LogP contribution in [0.4, 0.5) is 0 Å². The van der Waals surface area contributed by atoms with E-state index in [-0.39, 0.29) is 0 Å². The quantitative estimate of drug-likeness (QED) is 0.844. The molecule has 3 nitrogen and oxygen atoms in total. The second kappa shape index (κ2) is 6.96. The first-order chi connectivity index (χ1) is 9.17. The molecule has 1 saturated carbocycles. The first-order valence-corrected chi connectivity index (χ1v) is 8.08. The lowest BCUT2D eigenvalue weighted by Crippen LogP contribution is -2.39. The number of rotatable bonds is 5. The molecule has 5 heteroatoms. The Morgan fingerprint density at radius 3 is 2.74 bits per heavy atom. The Labute approximate surface area is 125 Å². The summed E-state index contributed by atoms with van der Waals surface area (Å²) in [5.41, 5.74) is 2.07. The predicted molar refractivity (Wildman–Crippen MR) is 80.9 cm³/mol. The first kappa shape index (κ1) is 15.1. The van der Waals surface area contributed by atoms with E-state index in [4.69, 9.17) is 23.2 Å². The van der Waals surface area contributed by atoms with Crippen molar-refractivity contribution in [2.75, 3.05) is 5.88 Å². The van der Waals surface area contributed by atoms with Gasteiger partial charge in [0.05, 0.1) is 16.4 Å². The van der Waals surface area contributed by atoms with Crippen LogP contribution in [0.2, 0.25) is 5.02 Å². The van der Waals surface area contributed by atoms with E-state index in [1.807, 2.05) is 11.7 Å². The fourth-order valence-corrected chi connectivity index (χ4v) is 3.63. The minimum Gasteiger partial charge on any atom is -0.308 e. The van der Waals surface area contributed by atoms with E-state index in [2.05, 4.69) is 17.3 Å². The predicted octanol–water partition coefficient (Wildman–Crippen LogP) is 3.52. The van der Waals surface area contributed by atoms with Gasteiger partial charge < -0.3 is 5.32 Å². The molecule has 1 aromatic heterocycles. The number of hydrogen-bond acceptors (Lipinski definition) is 2. The third-order valence-electron chi connectivity index (χ3n) is 4.14. The molecular formula is C14H23Cl2N3. The summed E-state index contributed by atoms with van der Waals surface area (Å²) >= 11 is 12.4. The largest absolute Gasteiger partial charge is 0.308 e. The Balaban J connectivity index is 1.99. The van der Waals surface area contributed by atoms with Gasteiger partial charge in [0.25, 0.3) is 0 Å². The normalized spacial score (nSPS) is 23.8. The molecule has 1 aliphatic carbocycles. The summed E-state index contributed by atoms with van der Waals surface area (Å²) in [6.07, 6.45) is 5.93. The van der Waals surface area contributed by atoms with Crippen LogP contribution in [-0.2, 0) is 20.0 Å². The maximum absolute atomic E-state index is 6.37. The molecular weight excluding hydrogens is 281 g/mol. The van der Waals surface area contributed by atoms with Crippen molar-refractivity contribution in [3.05, 3.63) is 16.4 Å². The van der Waals surface area contributed by atoms with Crippen LogP contribution in [-0.4, -0.2) is 21.7 Å². The third kappa shape index (κ3) is 3.45. The molecule has 0 saturated heterocycles. The third-order valence-corrected chi connectivity index (χ3v) is 4.97. The van der Waals surface area contributed by atoms with Gasteiger partial charge in [0.2, 0.25) is 0 Å². The number of nitrogens with zero attached hydrogens (tertiary/aromatic N) is 2. The van der Waals surface area contributed by atoms with Crippen LogP contribution in [0, 0.1) is 5.92 Å². The minimum absolute atomic E-state index is 0.516. The van der Waals surface area contributed by atoms with Crippen molar-refractivity contribution in [1.82, 2.24) is 15.1 Å². The lowest BCUT2D eigenvalue weighted by atomic mass is 9.86. The van der Waals surface area contributed by atoms with E-state index in [1.54, 1.807) is 0 Å². The molecule has 1 heterocycles. The molecule has 2 unspecified atom stereocenters. The highest BCUT2D eigenvalue weighted by Crippen LogP contribution is 2.26. The van der Waals surface area contributed by atoms with E-state index in [9.17, 15) is 0 Å². The topological polar surface area (TPSA) is 29.9 Å². The Morgan fingerprint density at radius 2 is 2.11 bits per heavy atom. The fraction of sp³-hybridized carbons (Fsp3) is 0.786. The molecule has 0 aliphatic heterocycles. The van der Waals surface area contributed by atoms with Crippen molar-refractivity contribution in [2.24, 2.45) is 13.0 Å². The highest BCUT2D eigenvalue weighted by Gasteiger charge is 2.24. The van der Waals surface area contributed by atoms with Crippen LogP contribution >= 0.6 is 23.2 Å². The SMILES string of the molecule is CCc1nn(C)c(CNC2CCCCC2CCl)c1Cl. The van der Waals surface area contributed by atoms with E-state index >= 15 is 0 Å². The number of aromatic nitrogens is 2. The van der Waals surface area contributed by atoms with E-state index in [1.165, 1.54) is 25.7 Å². The summed E-state index contributed by atoms with van der Waals surface area (Å²) in [7, 11) is 1.96. The molecule has 0 aromatic carbocycles. The van der Waals surface area contributed by atoms with Crippen LogP contribution in [0.25, 0.3) is 0 Å². The summed E-state index contributed by atoms with van der Waals surface area (Å²) in [6.45, 7) is 2.86. The van der Waals surface area contributed by atoms with Gasteiger partial charge in [0, 0.05) is 25.5 Å². The van der Waals surface area contributed by atoms with Gasteiger partial charge in [-0.05, 0) is 25.2 Å². The van der Waals surface area contributed by atoms with Gasteiger partial charge in [-0.1, -0.05) is 31.4 Å². The van der Waals surface area contributed by atoms with Gasteiger partial charge in [-0.3, -0.25) is 4.68 Å². The van der Waals surface area contributed by atoms with Gasteiger partial charge in [0.1, 0.15) is 0 Å². The molecule has 108 valence electrons. The van der Waals surface area contributed by atoms with Crippen LogP contribution in [0.15, 0.2) is 0 Å². The molecule has 0 radical (unpaired) electrons. The van der Waals surface area contributed by atoms with Gasteiger partial charge in [-0.2, -0.15) is 5.10 Å². The molecule has 0 amide bonds. The Hall–Kier alpha value is -0.250. The maximum Gasteiger partial charge on any atom is 0.0863 e. The van der Waals surface area contributed by atoms with Crippen LogP contribution in [0.1, 0.15) is 44.0 Å². The zero-order chi connectivity index (χ0) is 13.8. The summed E-state index contributed by atoms with van der Waals surface area (Å²) in [5.74, 6) is 1.34. The fourth-order valence-electron chi connectivity index (χ4n) is 2.90. The van der Waals surface area contributed by atoms with Crippen molar-refractivity contribution >= 4 is 23.2 Å². The first-order valence-electron chi connectivity index (χ1n) is 7.17. The Bertz CT molecular complexity index is 417. The van der Waals surface area contributed by atoms with Gasteiger partial charge in [-0.25, -0.2) is 0 Å². The van der Waals surface area contributed by atoms with E-state index in [0.29, 0.717) is 12.0 Å². The smallest absolute Gasteiger partial charge is 0.0863 e. The zero-order valence-electron chi connectivity index (χ0n) is 11.8. The summed E-state index contributed by atoms with van der Waals surface area (Å²) < 4.78 is 1.90. The van der Waals surface area contributed by atoms with Crippen LogP contribution < -0.4 is 5.32 Å². The van der Waals surface area contributed by atoms with Crippen molar-refractivity contribution in [3.63, 3.8) is 0 Å². The number of aryl methyl sites for hydroxylation is 2. The van der Waals surface area contributed by atoms with E-state index in [0.717, 1.165) is 35.3 Å². The minimum atomic E-state index is 0.516. The average Bonchev–Trinajstić information content (AvgIpc) is 2.71. The van der Waals surface area contributed by atoms with Crippen LogP contribution in [0.3, 0.4) is 0 Å². The highest BCUT2D eigenvalue weighted by molar-refractivity contribution is 6.31. The van der Waals surface area contributed by atoms with Gasteiger partial charge >= 0.3 is 0 Å². The van der Waals surface area contributed by atoms with Crippen molar-refractivity contribution in [1.29, 1.82) is 0 Å². The number of halogens is 2. The summed E-state index contributed by atoms with van der Waals surface area (Å²) in [5, 5.41) is 8.89. The van der Waals surface area contributed by atoms with Crippen LogP contribution in [0.5, 0.6) is 0 Å². The second-order valence-corrected chi connectivity index (χ2v) is 6.06. The summed E-state index contributed by atoms with van der Waals surface area (Å²) in [6, 6.07) is 0.516. The molecule has 0 bridgehead atoms. The molecule has 1 aliphatic rings.